The van der Waals surface area contributed by atoms with E-state index in [0.717, 1.165) is 9.35 Å². The fourth-order valence-corrected chi connectivity index (χ4v) is 2.93. The quantitative estimate of drug-likeness (QED) is 0.718. The van der Waals surface area contributed by atoms with Crippen molar-refractivity contribution in [1.82, 2.24) is 10.1 Å². The summed E-state index contributed by atoms with van der Waals surface area (Å²) in [5.74, 6) is 0.258. The van der Waals surface area contributed by atoms with Crippen molar-refractivity contribution in [1.29, 1.82) is 0 Å². The van der Waals surface area contributed by atoms with E-state index in [1.165, 1.54) is 29.5 Å². The molecule has 0 atom stereocenters. The molecule has 0 aliphatic carbocycles. The van der Waals surface area contributed by atoms with E-state index in [0.29, 0.717) is 17.1 Å². The van der Waals surface area contributed by atoms with Crippen LogP contribution in [-0.4, -0.2) is 10.1 Å². The van der Waals surface area contributed by atoms with Crippen LogP contribution in [0.5, 0.6) is 0 Å². The molecule has 0 amide bonds. The SMILES string of the molecule is Nc1ccc(F)cc1-c1nc(-c2cc(Br)cs2)no1. The zero-order valence-electron chi connectivity index (χ0n) is 9.43. The number of hydrogen-bond donors (Lipinski definition) is 1. The molecule has 7 heteroatoms. The van der Waals surface area contributed by atoms with Crippen molar-refractivity contribution in [2.75, 3.05) is 5.73 Å². The fourth-order valence-electron chi connectivity index (χ4n) is 1.58. The third-order valence-corrected chi connectivity index (χ3v) is 4.15. The predicted molar refractivity (Wildman–Crippen MR) is 75.1 cm³/mol. The van der Waals surface area contributed by atoms with Gasteiger partial charge >= 0.3 is 0 Å². The number of aromatic nitrogens is 2. The number of thiophene rings is 1. The van der Waals surface area contributed by atoms with Crippen LogP contribution in [-0.2, 0) is 0 Å². The highest BCUT2D eigenvalue weighted by Crippen LogP contribution is 2.31. The Kier molecular flexibility index (Phi) is 3.08. The molecule has 0 radical (unpaired) electrons. The number of benzene rings is 1. The third kappa shape index (κ3) is 2.39. The molecule has 1 aromatic carbocycles. The van der Waals surface area contributed by atoms with E-state index in [2.05, 4.69) is 26.1 Å². The monoisotopic (exact) mass is 339 g/mol. The number of nitrogens with two attached hydrogens (primary N) is 1. The van der Waals surface area contributed by atoms with Crippen LogP contribution in [0.4, 0.5) is 10.1 Å². The molecule has 3 rings (SSSR count). The first kappa shape index (κ1) is 12.3. The molecule has 0 bridgehead atoms. The summed E-state index contributed by atoms with van der Waals surface area (Å²) in [7, 11) is 0. The van der Waals surface area contributed by atoms with Crippen LogP contribution in [0.25, 0.3) is 22.2 Å². The van der Waals surface area contributed by atoms with E-state index in [1.54, 1.807) is 0 Å². The summed E-state index contributed by atoms with van der Waals surface area (Å²) >= 11 is 4.84. The molecule has 3 aromatic rings. The summed E-state index contributed by atoms with van der Waals surface area (Å²) in [6.07, 6.45) is 0. The summed E-state index contributed by atoms with van der Waals surface area (Å²) < 4.78 is 19.3. The fraction of sp³-hybridized carbons (Fsp3) is 0. The topological polar surface area (TPSA) is 64.9 Å². The van der Waals surface area contributed by atoms with Crippen molar-refractivity contribution >= 4 is 33.0 Å². The van der Waals surface area contributed by atoms with Gasteiger partial charge in [0.1, 0.15) is 5.82 Å². The van der Waals surface area contributed by atoms with Crippen LogP contribution >= 0.6 is 27.3 Å². The van der Waals surface area contributed by atoms with E-state index in [9.17, 15) is 4.39 Å². The van der Waals surface area contributed by atoms with Gasteiger partial charge in [-0.25, -0.2) is 4.39 Å². The number of nitrogen functional groups attached to an aromatic ring is 1. The van der Waals surface area contributed by atoms with Gasteiger partial charge in [-0.15, -0.1) is 11.3 Å². The Morgan fingerprint density at radius 3 is 2.89 bits per heavy atom. The highest BCUT2D eigenvalue weighted by atomic mass is 79.9. The third-order valence-electron chi connectivity index (χ3n) is 2.46. The molecule has 19 heavy (non-hydrogen) atoms. The van der Waals surface area contributed by atoms with Crippen LogP contribution in [0.2, 0.25) is 0 Å². The number of nitrogens with zero attached hydrogens (tertiary/aromatic N) is 2. The molecule has 96 valence electrons. The molecule has 4 nitrogen and oxygen atoms in total. The van der Waals surface area contributed by atoms with Gasteiger partial charge in [0, 0.05) is 15.5 Å². The first-order valence-corrected chi connectivity index (χ1v) is 6.94. The summed E-state index contributed by atoms with van der Waals surface area (Å²) in [5, 5.41) is 5.79. The van der Waals surface area contributed by atoms with Gasteiger partial charge in [-0.1, -0.05) is 5.16 Å². The normalized spacial score (nSPS) is 10.8. The van der Waals surface area contributed by atoms with E-state index in [4.69, 9.17) is 10.3 Å². The number of hydrogen-bond acceptors (Lipinski definition) is 5. The predicted octanol–water partition coefficient (Wildman–Crippen LogP) is 3.95. The van der Waals surface area contributed by atoms with Gasteiger partial charge in [0.15, 0.2) is 0 Å². The highest BCUT2D eigenvalue weighted by molar-refractivity contribution is 9.10. The first-order chi connectivity index (χ1) is 9.13. The number of anilines is 1. The second-order valence-electron chi connectivity index (χ2n) is 3.78. The lowest BCUT2D eigenvalue weighted by Crippen LogP contribution is -1.91. The molecule has 2 heterocycles. The summed E-state index contributed by atoms with van der Waals surface area (Å²) in [4.78, 5) is 5.09. The standard InChI is InChI=1S/C12H7BrFN3OS/c13-6-3-10(19-5-6)11-16-12(18-17-11)8-4-7(14)1-2-9(8)15/h1-5H,15H2. The molecule has 0 aliphatic heterocycles. The Labute approximate surface area is 120 Å². The van der Waals surface area contributed by atoms with E-state index in [-0.39, 0.29) is 5.89 Å². The molecule has 2 N–H and O–H groups in total. The Morgan fingerprint density at radius 1 is 1.32 bits per heavy atom. The maximum absolute atomic E-state index is 13.2. The Hall–Kier alpha value is -1.73. The largest absolute Gasteiger partial charge is 0.398 e. The van der Waals surface area contributed by atoms with Crippen molar-refractivity contribution in [3.8, 4) is 22.2 Å². The summed E-state index contributed by atoms with van der Waals surface area (Å²) in [6, 6.07) is 5.91. The smallest absolute Gasteiger partial charge is 0.260 e. The zero-order chi connectivity index (χ0) is 13.4. The van der Waals surface area contributed by atoms with Gasteiger partial charge in [-0.2, -0.15) is 4.98 Å². The molecular weight excluding hydrogens is 333 g/mol. The average molecular weight is 340 g/mol. The lowest BCUT2D eigenvalue weighted by atomic mass is 10.2. The second kappa shape index (κ2) is 4.75. The molecule has 0 spiro atoms. The van der Waals surface area contributed by atoms with Gasteiger partial charge < -0.3 is 10.3 Å². The highest BCUT2D eigenvalue weighted by Gasteiger charge is 2.14. The van der Waals surface area contributed by atoms with Gasteiger partial charge in [-0.05, 0) is 40.2 Å². The zero-order valence-corrected chi connectivity index (χ0v) is 11.8. The van der Waals surface area contributed by atoms with Gasteiger partial charge in [0.25, 0.3) is 5.89 Å². The van der Waals surface area contributed by atoms with Crippen LogP contribution in [0.1, 0.15) is 0 Å². The molecule has 2 aromatic heterocycles. The minimum Gasteiger partial charge on any atom is -0.398 e. The van der Waals surface area contributed by atoms with Crippen molar-refractivity contribution < 1.29 is 8.91 Å². The average Bonchev–Trinajstić information content (AvgIpc) is 3.00. The van der Waals surface area contributed by atoms with Crippen molar-refractivity contribution in [2.45, 2.75) is 0 Å². The lowest BCUT2D eigenvalue weighted by Gasteiger charge is -1.99. The molecule has 0 unspecified atom stereocenters. The molecular formula is C12H7BrFN3OS. The van der Waals surface area contributed by atoms with Crippen LogP contribution in [0.3, 0.4) is 0 Å². The minimum absolute atomic E-state index is 0.205. The minimum atomic E-state index is -0.400. The molecule has 0 aliphatic rings. The van der Waals surface area contributed by atoms with Crippen molar-refractivity contribution in [2.24, 2.45) is 0 Å². The van der Waals surface area contributed by atoms with Gasteiger partial charge in [-0.3, -0.25) is 0 Å². The van der Waals surface area contributed by atoms with E-state index >= 15 is 0 Å². The first-order valence-electron chi connectivity index (χ1n) is 5.27. The van der Waals surface area contributed by atoms with Crippen LogP contribution in [0, 0.1) is 5.82 Å². The lowest BCUT2D eigenvalue weighted by molar-refractivity contribution is 0.432. The number of halogens is 2. The second-order valence-corrected chi connectivity index (χ2v) is 5.61. The maximum Gasteiger partial charge on any atom is 0.260 e. The van der Waals surface area contributed by atoms with Crippen molar-refractivity contribution in [3.05, 3.63) is 39.9 Å². The van der Waals surface area contributed by atoms with Crippen LogP contribution < -0.4 is 5.73 Å². The van der Waals surface area contributed by atoms with Gasteiger partial charge in [0.05, 0.1) is 10.4 Å². The van der Waals surface area contributed by atoms with E-state index in [1.807, 2.05) is 11.4 Å². The summed E-state index contributed by atoms with van der Waals surface area (Å²) in [6.45, 7) is 0. The van der Waals surface area contributed by atoms with Crippen LogP contribution in [0.15, 0.2) is 38.6 Å². The van der Waals surface area contributed by atoms with Gasteiger partial charge in [0.2, 0.25) is 5.82 Å². The van der Waals surface area contributed by atoms with Crippen molar-refractivity contribution in [3.63, 3.8) is 0 Å². The molecule has 0 fully saturated rings. The Balaban J connectivity index is 2.03. The Morgan fingerprint density at radius 2 is 2.16 bits per heavy atom. The van der Waals surface area contributed by atoms with E-state index < -0.39 is 5.82 Å². The molecule has 0 saturated carbocycles. The number of rotatable bonds is 2. The summed E-state index contributed by atoms with van der Waals surface area (Å²) in [5.41, 5.74) is 6.56. The maximum atomic E-state index is 13.2. The Bertz CT molecular complexity index is 740. The molecule has 0 saturated heterocycles.